The zero-order valence-corrected chi connectivity index (χ0v) is 19.2. The minimum Gasteiger partial charge on any atom is -0.472 e. The summed E-state index contributed by atoms with van der Waals surface area (Å²) in [5, 5.41) is 12.6. The lowest BCUT2D eigenvalue weighted by atomic mass is 10.2. The molecule has 32 heavy (non-hydrogen) atoms. The summed E-state index contributed by atoms with van der Waals surface area (Å²) in [6.07, 6.45) is 5.85. The fraction of sp³-hybridized carbons (Fsp3) is 0.435. The van der Waals surface area contributed by atoms with Crippen LogP contribution in [0.1, 0.15) is 33.6 Å². The van der Waals surface area contributed by atoms with Crippen LogP contribution in [0.2, 0.25) is 0 Å². The quantitative estimate of drug-likeness (QED) is 0.485. The molecule has 1 aliphatic heterocycles. The van der Waals surface area contributed by atoms with Crippen molar-refractivity contribution in [3.63, 3.8) is 0 Å². The van der Waals surface area contributed by atoms with E-state index in [4.69, 9.17) is 20.0 Å². The van der Waals surface area contributed by atoms with E-state index in [2.05, 4.69) is 20.0 Å². The second-order valence-electron chi connectivity index (χ2n) is 7.10. The van der Waals surface area contributed by atoms with Gasteiger partial charge in [-0.1, -0.05) is 13.8 Å². The minimum atomic E-state index is -0.114. The Morgan fingerprint density at radius 3 is 2.62 bits per heavy atom. The number of aliphatic hydroxyl groups excluding tert-OH is 1. The van der Waals surface area contributed by atoms with Gasteiger partial charge in [0.15, 0.2) is 11.4 Å². The summed E-state index contributed by atoms with van der Waals surface area (Å²) < 4.78 is 13.6. The number of nitrogens with two attached hydrogens (primary N) is 1. The van der Waals surface area contributed by atoms with Crippen LogP contribution in [0.25, 0.3) is 28.1 Å². The molecule has 0 radical (unpaired) electrons. The Morgan fingerprint density at radius 2 is 1.91 bits per heavy atom. The molecule has 9 nitrogen and oxygen atoms in total. The van der Waals surface area contributed by atoms with Gasteiger partial charge in [0.25, 0.3) is 0 Å². The summed E-state index contributed by atoms with van der Waals surface area (Å²) in [5.74, 6) is 2.18. The average Bonchev–Trinajstić information content (AvgIpc) is 3.60. The molecular formula is C23H32N6O3. The Hall–Kier alpha value is -3.17. The van der Waals surface area contributed by atoms with Crippen LogP contribution < -0.4 is 15.4 Å². The number of hydrogen-bond donors (Lipinski definition) is 2. The van der Waals surface area contributed by atoms with Crippen LogP contribution in [0.5, 0.6) is 5.88 Å². The van der Waals surface area contributed by atoms with Gasteiger partial charge in [0.05, 0.1) is 11.6 Å². The summed E-state index contributed by atoms with van der Waals surface area (Å²) in [6.45, 7) is 8.40. The molecule has 0 aliphatic carbocycles. The molecule has 1 unspecified atom stereocenters. The fourth-order valence-corrected chi connectivity index (χ4v) is 3.60. The predicted molar refractivity (Wildman–Crippen MR) is 126 cm³/mol. The third-order valence-corrected chi connectivity index (χ3v) is 5.07. The predicted octanol–water partition coefficient (Wildman–Crippen LogP) is 3.50. The topological polar surface area (TPSA) is 115 Å². The van der Waals surface area contributed by atoms with E-state index in [0.29, 0.717) is 18.2 Å². The van der Waals surface area contributed by atoms with Crippen LogP contribution in [0.15, 0.2) is 41.1 Å². The van der Waals surface area contributed by atoms with Gasteiger partial charge < -0.3 is 24.9 Å². The van der Waals surface area contributed by atoms with E-state index < -0.39 is 0 Å². The normalized spacial score (nSPS) is 14.0. The molecule has 0 aromatic carbocycles. The minimum absolute atomic E-state index is 0.114. The number of aromatic nitrogens is 4. The number of anilines is 1. The molecule has 5 heterocycles. The molecule has 1 aliphatic rings. The molecule has 9 heteroatoms. The van der Waals surface area contributed by atoms with Gasteiger partial charge in [-0.25, -0.2) is 14.5 Å². The van der Waals surface area contributed by atoms with Crippen molar-refractivity contribution < 1.29 is 14.3 Å². The lowest BCUT2D eigenvalue weighted by Crippen LogP contribution is -2.23. The standard InChI is InChI=1S/C20H22N6O2.C2H6.CH4O/c1-13(11-21)27-19-5-4-18-23-12-15(26(18)24-19)17-10-14-16(28-17)6-7-22-20(14)25-8-2-3-9-25;2*1-2/h4-7,10,12-13H,2-3,8-9,11,21H2,1H3;1-2H3;2H,1H3. The maximum absolute atomic E-state index is 7.00. The summed E-state index contributed by atoms with van der Waals surface area (Å²) in [5.41, 5.74) is 7.95. The molecule has 0 spiro atoms. The lowest BCUT2D eigenvalue weighted by Gasteiger charge is -2.16. The molecule has 1 saturated heterocycles. The van der Waals surface area contributed by atoms with Crippen LogP contribution in [0.4, 0.5) is 5.82 Å². The number of fused-ring (bicyclic) bond motifs is 2. The summed E-state index contributed by atoms with van der Waals surface area (Å²) in [6, 6.07) is 7.59. The van der Waals surface area contributed by atoms with Crippen LogP contribution in [0, 0.1) is 0 Å². The van der Waals surface area contributed by atoms with Gasteiger partial charge in [-0.05, 0) is 38.0 Å². The Kier molecular flexibility index (Phi) is 8.02. The SMILES string of the molecule is CC.CC(CN)Oc1ccc2ncc(-c3cc4c(N5CCCC5)nccc4o3)n2n1.CO. The molecule has 5 rings (SSSR count). The van der Waals surface area contributed by atoms with Crippen molar-refractivity contribution in [3.05, 3.63) is 36.7 Å². The number of aliphatic hydroxyl groups is 1. The first-order valence-corrected chi connectivity index (χ1v) is 11.0. The molecule has 4 aromatic heterocycles. The van der Waals surface area contributed by atoms with E-state index in [-0.39, 0.29) is 6.10 Å². The second-order valence-corrected chi connectivity index (χ2v) is 7.10. The number of hydrogen-bond acceptors (Lipinski definition) is 8. The molecule has 172 valence electrons. The van der Waals surface area contributed by atoms with Crippen LogP contribution in [-0.2, 0) is 0 Å². The van der Waals surface area contributed by atoms with Crippen molar-refractivity contribution >= 4 is 22.4 Å². The van der Waals surface area contributed by atoms with Gasteiger partial charge in [-0.2, -0.15) is 0 Å². The number of imidazole rings is 1. The molecule has 3 N–H and O–H groups in total. The zero-order valence-electron chi connectivity index (χ0n) is 19.2. The summed E-state index contributed by atoms with van der Waals surface area (Å²) in [4.78, 5) is 11.4. The van der Waals surface area contributed by atoms with E-state index in [0.717, 1.165) is 48.3 Å². The Labute approximate surface area is 187 Å². The Bertz CT molecular complexity index is 1130. The maximum Gasteiger partial charge on any atom is 0.232 e. The van der Waals surface area contributed by atoms with E-state index in [9.17, 15) is 0 Å². The van der Waals surface area contributed by atoms with E-state index >= 15 is 0 Å². The number of ether oxygens (including phenoxy) is 1. The van der Waals surface area contributed by atoms with E-state index in [1.807, 2.05) is 39.0 Å². The number of furan rings is 1. The van der Waals surface area contributed by atoms with Gasteiger partial charge >= 0.3 is 0 Å². The largest absolute Gasteiger partial charge is 0.472 e. The van der Waals surface area contributed by atoms with E-state index in [1.54, 1.807) is 23.0 Å². The third kappa shape index (κ3) is 4.68. The molecule has 4 aromatic rings. The highest BCUT2D eigenvalue weighted by atomic mass is 16.5. The monoisotopic (exact) mass is 440 g/mol. The first-order valence-electron chi connectivity index (χ1n) is 11.0. The van der Waals surface area contributed by atoms with Gasteiger partial charge in [0, 0.05) is 39.0 Å². The highest BCUT2D eigenvalue weighted by molar-refractivity contribution is 5.92. The smallest absolute Gasteiger partial charge is 0.232 e. The van der Waals surface area contributed by atoms with Crippen molar-refractivity contribution in [2.45, 2.75) is 39.7 Å². The maximum atomic E-state index is 7.00. The molecule has 0 saturated carbocycles. The molecular weight excluding hydrogens is 408 g/mol. The molecule has 0 amide bonds. The van der Waals surface area contributed by atoms with Crippen molar-refractivity contribution in [2.75, 3.05) is 31.6 Å². The highest BCUT2D eigenvalue weighted by Gasteiger charge is 2.20. The average molecular weight is 441 g/mol. The second kappa shape index (κ2) is 10.9. The van der Waals surface area contributed by atoms with Gasteiger partial charge in [0.1, 0.15) is 23.2 Å². The highest BCUT2D eigenvalue weighted by Crippen LogP contribution is 2.34. The van der Waals surface area contributed by atoms with Crippen LogP contribution in [0.3, 0.4) is 0 Å². The lowest BCUT2D eigenvalue weighted by molar-refractivity contribution is 0.217. The zero-order chi connectivity index (χ0) is 23.1. The number of rotatable bonds is 5. The van der Waals surface area contributed by atoms with Gasteiger partial charge in [-0.3, -0.25) is 0 Å². The third-order valence-electron chi connectivity index (χ3n) is 5.07. The van der Waals surface area contributed by atoms with Gasteiger partial charge in [0.2, 0.25) is 5.88 Å². The molecule has 1 fully saturated rings. The summed E-state index contributed by atoms with van der Waals surface area (Å²) >= 11 is 0. The molecule has 1 atom stereocenters. The summed E-state index contributed by atoms with van der Waals surface area (Å²) in [7, 11) is 1.00. The van der Waals surface area contributed by atoms with Crippen molar-refractivity contribution in [1.29, 1.82) is 0 Å². The Morgan fingerprint density at radius 1 is 1.16 bits per heavy atom. The number of nitrogens with zero attached hydrogens (tertiary/aromatic N) is 5. The van der Waals surface area contributed by atoms with Crippen LogP contribution in [-0.4, -0.2) is 57.5 Å². The first-order chi connectivity index (χ1) is 15.7. The van der Waals surface area contributed by atoms with E-state index in [1.165, 1.54) is 12.8 Å². The fourth-order valence-electron chi connectivity index (χ4n) is 3.60. The van der Waals surface area contributed by atoms with Crippen molar-refractivity contribution in [2.24, 2.45) is 5.73 Å². The van der Waals surface area contributed by atoms with Crippen molar-refractivity contribution in [3.8, 4) is 17.3 Å². The number of pyridine rings is 1. The van der Waals surface area contributed by atoms with Crippen molar-refractivity contribution in [1.82, 2.24) is 19.6 Å². The van der Waals surface area contributed by atoms with Gasteiger partial charge in [-0.15, -0.1) is 5.10 Å². The Balaban J connectivity index is 0.000000686. The molecule has 0 bridgehead atoms. The first kappa shape index (κ1) is 23.5. The van der Waals surface area contributed by atoms with Crippen LogP contribution >= 0.6 is 0 Å².